The average molecular weight is 761 g/mol. The van der Waals surface area contributed by atoms with Crippen LogP contribution in [0.15, 0.2) is 0 Å². The molecule has 0 spiro atoms. The Morgan fingerprint density at radius 3 is 1.13 bits per heavy atom. The van der Waals surface area contributed by atoms with Gasteiger partial charge in [0.05, 0.1) is 0 Å². The molecule has 0 saturated carbocycles. The molecule has 2 aliphatic heterocycles. The smallest absolute Gasteiger partial charge is 0.317 e. The molecule has 2 rings (SSSR count). The summed E-state index contributed by atoms with van der Waals surface area (Å²) in [5.74, 6) is 1.71. The van der Waals surface area contributed by atoms with Crippen LogP contribution in [0.2, 0.25) is 0 Å². The second-order valence-electron chi connectivity index (χ2n) is 16.4. The standard InChI is InChI=1S/C44H84N6O4/c1-3-5-7-9-11-13-15-19-25-39(27-21-17-23-29-41(51)45-31-35-49-37-33-47-43(49)53)40(26-20-16-14-12-10-8-6-4-2)28-22-18-24-30-42(52)46-32-36-50-38-34-48-44(50)54/h39-40H,3-38H2,1-2H3,(H,45,51)(H,46,52)(H,47,53)(H,48,54). The molecule has 2 aliphatic rings. The lowest BCUT2D eigenvalue weighted by atomic mass is 9.78. The van der Waals surface area contributed by atoms with Crippen LogP contribution >= 0.6 is 0 Å². The number of nitrogens with one attached hydrogen (secondary N) is 4. The van der Waals surface area contributed by atoms with Crippen molar-refractivity contribution in [1.82, 2.24) is 31.1 Å². The van der Waals surface area contributed by atoms with E-state index in [4.69, 9.17) is 0 Å². The van der Waals surface area contributed by atoms with Gasteiger partial charge in [0.1, 0.15) is 0 Å². The Morgan fingerprint density at radius 2 is 0.815 bits per heavy atom. The normalized spacial score (nSPS) is 15.4. The predicted octanol–water partition coefficient (Wildman–Crippen LogP) is 9.46. The molecule has 4 N–H and O–H groups in total. The Morgan fingerprint density at radius 1 is 0.500 bits per heavy atom. The highest BCUT2D eigenvalue weighted by atomic mass is 16.2. The van der Waals surface area contributed by atoms with Crippen LogP contribution in [-0.4, -0.2) is 86.0 Å². The molecule has 6 amide bonds. The number of rotatable bonds is 37. The fourth-order valence-electron chi connectivity index (χ4n) is 8.34. The van der Waals surface area contributed by atoms with Gasteiger partial charge in [0, 0.05) is 65.2 Å². The van der Waals surface area contributed by atoms with Crippen LogP contribution in [0.4, 0.5) is 9.59 Å². The number of hydrogen-bond donors (Lipinski definition) is 4. The molecule has 314 valence electrons. The SMILES string of the molecule is CCCCCCCCCCC(CCCCCC(=O)NCCN1CCNC1=O)C(CCCCCCCCCC)CCCCCC(=O)NCCN1CCNC1=O. The second kappa shape index (κ2) is 32.7. The third-order valence-corrected chi connectivity index (χ3v) is 11.8. The molecule has 2 atom stereocenters. The number of amides is 6. The van der Waals surface area contributed by atoms with Crippen LogP contribution in [0, 0.1) is 11.8 Å². The molecule has 2 fully saturated rings. The fourth-order valence-corrected chi connectivity index (χ4v) is 8.34. The Kier molecular flexibility index (Phi) is 28.8. The summed E-state index contributed by atoms with van der Waals surface area (Å²) < 4.78 is 0. The van der Waals surface area contributed by atoms with Gasteiger partial charge in [-0.15, -0.1) is 0 Å². The third kappa shape index (κ3) is 24.1. The maximum atomic E-state index is 12.5. The summed E-state index contributed by atoms with van der Waals surface area (Å²) in [5, 5.41) is 11.6. The molecule has 2 saturated heterocycles. The summed E-state index contributed by atoms with van der Waals surface area (Å²) in [5.41, 5.74) is 0. The van der Waals surface area contributed by atoms with Gasteiger partial charge in [0.15, 0.2) is 0 Å². The first-order valence-electron chi connectivity index (χ1n) is 23.0. The molecular formula is C44H84N6O4. The molecule has 0 bridgehead atoms. The van der Waals surface area contributed by atoms with E-state index in [-0.39, 0.29) is 23.9 Å². The summed E-state index contributed by atoms with van der Waals surface area (Å²) >= 11 is 0. The summed E-state index contributed by atoms with van der Waals surface area (Å²) in [6.45, 7) is 9.58. The van der Waals surface area contributed by atoms with E-state index in [9.17, 15) is 19.2 Å². The van der Waals surface area contributed by atoms with Gasteiger partial charge in [-0.25, -0.2) is 9.59 Å². The topological polar surface area (TPSA) is 123 Å². The van der Waals surface area contributed by atoms with Crippen LogP contribution in [0.1, 0.15) is 194 Å². The van der Waals surface area contributed by atoms with E-state index >= 15 is 0 Å². The highest BCUT2D eigenvalue weighted by molar-refractivity contribution is 5.78. The molecule has 0 aromatic rings. The Balaban J connectivity index is 1.81. The zero-order valence-electron chi connectivity index (χ0n) is 35.1. The van der Waals surface area contributed by atoms with Crippen molar-refractivity contribution in [2.45, 2.75) is 194 Å². The van der Waals surface area contributed by atoms with Crippen molar-refractivity contribution >= 4 is 23.9 Å². The molecule has 0 aromatic heterocycles. The molecule has 54 heavy (non-hydrogen) atoms. The Bertz CT molecular complexity index is 905. The number of hydrogen-bond acceptors (Lipinski definition) is 4. The van der Waals surface area contributed by atoms with Gasteiger partial charge in [0.2, 0.25) is 11.8 Å². The van der Waals surface area contributed by atoms with Gasteiger partial charge >= 0.3 is 12.1 Å². The van der Waals surface area contributed by atoms with Crippen molar-refractivity contribution in [2.24, 2.45) is 11.8 Å². The van der Waals surface area contributed by atoms with Crippen LogP contribution < -0.4 is 21.3 Å². The van der Waals surface area contributed by atoms with Crippen molar-refractivity contribution in [3.63, 3.8) is 0 Å². The second-order valence-corrected chi connectivity index (χ2v) is 16.4. The van der Waals surface area contributed by atoms with Crippen molar-refractivity contribution in [3.8, 4) is 0 Å². The van der Waals surface area contributed by atoms with Crippen LogP contribution in [0.5, 0.6) is 0 Å². The number of urea groups is 2. The van der Waals surface area contributed by atoms with Crippen LogP contribution in [0.3, 0.4) is 0 Å². The number of carbonyl (C=O) groups excluding carboxylic acids is 4. The van der Waals surface area contributed by atoms with Crippen molar-refractivity contribution in [1.29, 1.82) is 0 Å². The highest BCUT2D eigenvalue weighted by Crippen LogP contribution is 2.33. The lowest BCUT2D eigenvalue weighted by Gasteiger charge is -2.28. The maximum absolute atomic E-state index is 12.5. The first-order valence-corrected chi connectivity index (χ1v) is 23.0. The van der Waals surface area contributed by atoms with Crippen molar-refractivity contribution in [3.05, 3.63) is 0 Å². The Labute approximate surface area is 331 Å². The Hall–Kier alpha value is -2.52. The van der Waals surface area contributed by atoms with Crippen molar-refractivity contribution in [2.75, 3.05) is 52.4 Å². The number of carbonyl (C=O) groups is 4. The van der Waals surface area contributed by atoms with E-state index < -0.39 is 0 Å². The minimum atomic E-state index is -0.0313. The summed E-state index contributed by atoms with van der Waals surface area (Å²) in [7, 11) is 0. The van der Waals surface area contributed by atoms with Crippen molar-refractivity contribution < 1.29 is 19.2 Å². The summed E-state index contributed by atoms with van der Waals surface area (Å²) in [6.07, 6.45) is 34.5. The molecule has 0 aliphatic carbocycles. The molecule has 2 unspecified atom stereocenters. The minimum Gasteiger partial charge on any atom is -0.354 e. The average Bonchev–Trinajstić information content (AvgIpc) is 3.78. The van der Waals surface area contributed by atoms with E-state index in [0.717, 1.165) is 37.5 Å². The van der Waals surface area contributed by atoms with Gasteiger partial charge in [-0.3, -0.25) is 9.59 Å². The van der Waals surface area contributed by atoms with E-state index in [1.165, 1.54) is 141 Å². The molecular weight excluding hydrogens is 677 g/mol. The van der Waals surface area contributed by atoms with E-state index in [1.807, 2.05) is 0 Å². The maximum Gasteiger partial charge on any atom is 0.317 e. The summed E-state index contributed by atoms with van der Waals surface area (Å²) in [4.78, 5) is 52.0. The van der Waals surface area contributed by atoms with Gasteiger partial charge in [-0.2, -0.15) is 0 Å². The molecule has 10 nitrogen and oxygen atoms in total. The zero-order valence-corrected chi connectivity index (χ0v) is 35.1. The van der Waals surface area contributed by atoms with Gasteiger partial charge in [0.25, 0.3) is 0 Å². The van der Waals surface area contributed by atoms with Gasteiger partial charge < -0.3 is 31.1 Å². The highest BCUT2D eigenvalue weighted by Gasteiger charge is 2.22. The lowest BCUT2D eigenvalue weighted by Crippen LogP contribution is -2.36. The quantitative estimate of drug-likeness (QED) is 0.0472. The van der Waals surface area contributed by atoms with E-state index in [2.05, 4.69) is 35.1 Å². The zero-order chi connectivity index (χ0) is 38.9. The molecule has 2 heterocycles. The number of unbranched alkanes of at least 4 members (excludes halogenated alkanes) is 18. The first kappa shape index (κ1) is 47.6. The molecule has 0 radical (unpaired) electrons. The fraction of sp³-hybridized carbons (Fsp3) is 0.909. The number of nitrogens with zero attached hydrogens (tertiary/aromatic N) is 2. The van der Waals surface area contributed by atoms with Gasteiger partial charge in [-0.1, -0.05) is 168 Å². The monoisotopic (exact) mass is 761 g/mol. The minimum absolute atomic E-state index is 0.0313. The van der Waals surface area contributed by atoms with E-state index in [0.29, 0.717) is 65.2 Å². The first-order chi connectivity index (χ1) is 26.4. The molecule has 10 heteroatoms. The van der Waals surface area contributed by atoms with Crippen LogP contribution in [0.25, 0.3) is 0 Å². The summed E-state index contributed by atoms with van der Waals surface area (Å²) in [6, 6.07) is -0.0625. The van der Waals surface area contributed by atoms with E-state index in [1.54, 1.807) is 9.80 Å². The predicted molar refractivity (Wildman–Crippen MR) is 224 cm³/mol. The van der Waals surface area contributed by atoms with Crippen LogP contribution in [-0.2, 0) is 9.59 Å². The lowest BCUT2D eigenvalue weighted by molar-refractivity contribution is -0.122. The largest absolute Gasteiger partial charge is 0.354 e. The molecule has 0 aromatic carbocycles. The third-order valence-electron chi connectivity index (χ3n) is 11.8. The van der Waals surface area contributed by atoms with Gasteiger partial charge in [-0.05, 0) is 24.7 Å².